The number of likely N-dealkylation sites (N-methyl/N-ethyl adjacent to an activating group) is 1. The van der Waals surface area contributed by atoms with Gasteiger partial charge in [0.1, 0.15) is 0 Å². The normalized spacial score (nSPS) is 11.5. The van der Waals surface area contributed by atoms with Crippen molar-refractivity contribution >= 4 is 48.8 Å². The highest BCUT2D eigenvalue weighted by atomic mass is 35.5. The van der Waals surface area contributed by atoms with E-state index in [1.54, 1.807) is 17.4 Å². The fraction of sp³-hybridized carbons (Fsp3) is 0.316. The lowest BCUT2D eigenvalue weighted by molar-refractivity contribution is 0.316. The van der Waals surface area contributed by atoms with E-state index >= 15 is 0 Å². The van der Waals surface area contributed by atoms with Crippen LogP contribution < -0.4 is 10.7 Å². The summed E-state index contributed by atoms with van der Waals surface area (Å²) < 4.78 is 1.98. The van der Waals surface area contributed by atoms with E-state index in [4.69, 9.17) is 11.6 Å². The van der Waals surface area contributed by atoms with E-state index in [1.807, 2.05) is 30.3 Å². The first-order valence-electron chi connectivity index (χ1n) is 8.24. The van der Waals surface area contributed by atoms with Crippen molar-refractivity contribution in [3.8, 4) is 0 Å². The number of hydrogen-bond acceptors (Lipinski definition) is 4. The van der Waals surface area contributed by atoms with Crippen LogP contribution in [0.15, 0.2) is 41.2 Å². The maximum atomic E-state index is 12.8. The van der Waals surface area contributed by atoms with Gasteiger partial charge in [0, 0.05) is 44.0 Å². The number of fused-ring (bicyclic) bond motifs is 2. The lowest BCUT2D eigenvalue weighted by Gasteiger charge is -2.18. The zero-order valence-corrected chi connectivity index (χ0v) is 15.5. The summed E-state index contributed by atoms with van der Waals surface area (Å²) >= 11 is 7.67. The van der Waals surface area contributed by atoms with Crippen LogP contribution in [0.1, 0.15) is 13.8 Å². The van der Waals surface area contributed by atoms with Crippen LogP contribution in [0.4, 0.5) is 5.69 Å². The molecule has 2 aromatic carbocycles. The van der Waals surface area contributed by atoms with Gasteiger partial charge in [0.15, 0.2) is 5.43 Å². The highest BCUT2D eigenvalue weighted by Gasteiger charge is 2.08. The molecule has 0 fully saturated rings. The van der Waals surface area contributed by atoms with Gasteiger partial charge in [-0.3, -0.25) is 4.79 Å². The summed E-state index contributed by atoms with van der Waals surface area (Å²) in [5.41, 5.74) is 1.04. The van der Waals surface area contributed by atoms with Crippen molar-refractivity contribution in [2.24, 2.45) is 0 Å². The summed E-state index contributed by atoms with van der Waals surface area (Å²) in [6.45, 7) is 8.29. The third-order valence-corrected chi connectivity index (χ3v) is 5.67. The Bertz CT molecular complexity index is 918. The molecule has 126 valence electrons. The topological polar surface area (TPSA) is 32.3 Å². The van der Waals surface area contributed by atoms with Gasteiger partial charge in [0.2, 0.25) is 0 Å². The summed E-state index contributed by atoms with van der Waals surface area (Å²) in [5.74, 6) is 0. The van der Waals surface area contributed by atoms with Crippen molar-refractivity contribution in [3.63, 3.8) is 0 Å². The molecule has 0 aliphatic rings. The Hall–Kier alpha value is -1.62. The van der Waals surface area contributed by atoms with E-state index in [0.29, 0.717) is 10.4 Å². The monoisotopic (exact) mass is 360 g/mol. The van der Waals surface area contributed by atoms with E-state index in [9.17, 15) is 4.79 Å². The molecule has 3 aromatic rings. The minimum atomic E-state index is 0.0497. The molecule has 0 saturated carbocycles. The van der Waals surface area contributed by atoms with Gasteiger partial charge in [-0.15, -0.1) is 11.3 Å². The molecule has 3 nitrogen and oxygen atoms in total. The van der Waals surface area contributed by atoms with Crippen LogP contribution in [-0.4, -0.2) is 31.1 Å². The summed E-state index contributed by atoms with van der Waals surface area (Å²) in [5, 5.41) is 5.46. The van der Waals surface area contributed by atoms with Gasteiger partial charge in [0.25, 0.3) is 0 Å². The van der Waals surface area contributed by atoms with Gasteiger partial charge < -0.3 is 10.2 Å². The molecule has 24 heavy (non-hydrogen) atoms. The van der Waals surface area contributed by atoms with Gasteiger partial charge in [-0.1, -0.05) is 25.4 Å². The smallest absolute Gasteiger partial charge is 0.195 e. The summed E-state index contributed by atoms with van der Waals surface area (Å²) in [6, 6.07) is 11.5. The standard InChI is InChI=1S/C19H21ClN2OS/c1-3-22(4-2)10-9-21-14-6-8-18-16(12-14)19(23)15-11-13(20)5-7-17(15)24-18/h5-8,11-12,21H,3-4,9-10H2,1-2H3. The maximum Gasteiger partial charge on any atom is 0.195 e. The lowest BCUT2D eigenvalue weighted by Crippen LogP contribution is -2.28. The molecule has 3 rings (SSSR count). The van der Waals surface area contributed by atoms with E-state index in [-0.39, 0.29) is 5.43 Å². The molecule has 0 radical (unpaired) electrons. The molecule has 0 unspecified atom stereocenters. The largest absolute Gasteiger partial charge is 0.384 e. The van der Waals surface area contributed by atoms with E-state index in [1.165, 1.54) is 0 Å². The molecule has 5 heteroatoms. The average molecular weight is 361 g/mol. The molecule has 0 aliphatic heterocycles. The van der Waals surface area contributed by atoms with Crippen LogP contribution in [0, 0.1) is 0 Å². The molecule has 0 spiro atoms. The highest BCUT2D eigenvalue weighted by Crippen LogP contribution is 2.28. The Morgan fingerprint density at radius 3 is 2.42 bits per heavy atom. The Morgan fingerprint density at radius 1 is 1.04 bits per heavy atom. The van der Waals surface area contributed by atoms with Gasteiger partial charge in [0.05, 0.1) is 0 Å². The molecule has 0 atom stereocenters. The average Bonchev–Trinajstić information content (AvgIpc) is 2.60. The van der Waals surface area contributed by atoms with Crippen molar-refractivity contribution in [2.45, 2.75) is 13.8 Å². The summed E-state index contributed by atoms with van der Waals surface area (Å²) in [4.78, 5) is 15.1. The highest BCUT2D eigenvalue weighted by molar-refractivity contribution is 7.24. The second-order valence-corrected chi connectivity index (χ2v) is 7.26. The number of rotatable bonds is 6. The molecule has 0 aliphatic carbocycles. The number of hydrogen-bond donors (Lipinski definition) is 1. The van der Waals surface area contributed by atoms with Crippen LogP contribution >= 0.6 is 22.9 Å². The van der Waals surface area contributed by atoms with Crippen molar-refractivity contribution in [2.75, 3.05) is 31.5 Å². The van der Waals surface area contributed by atoms with Crippen molar-refractivity contribution in [1.82, 2.24) is 4.90 Å². The number of halogens is 1. The van der Waals surface area contributed by atoms with E-state index < -0.39 is 0 Å². The molecule has 0 amide bonds. The van der Waals surface area contributed by atoms with Crippen LogP contribution in [0.3, 0.4) is 0 Å². The molecule has 1 heterocycles. The Labute approximate surface area is 150 Å². The zero-order chi connectivity index (χ0) is 17.1. The van der Waals surface area contributed by atoms with Gasteiger partial charge in [-0.05, 0) is 49.5 Å². The number of nitrogens with one attached hydrogen (secondary N) is 1. The predicted octanol–water partition coefficient (Wildman–Crippen LogP) is 4.82. The minimum absolute atomic E-state index is 0.0497. The molecular formula is C19H21ClN2OS. The molecule has 0 saturated heterocycles. The second-order valence-electron chi connectivity index (χ2n) is 5.74. The lowest BCUT2D eigenvalue weighted by atomic mass is 10.1. The predicted molar refractivity (Wildman–Crippen MR) is 107 cm³/mol. The fourth-order valence-corrected chi connectivity index (χ4v) is 4.04. The zero-order valence-electron chi connectivity index (χ0n) is 13.9. The van der Waals surface area contributed by atoms with Crippen molar-refractivity contribution in [1.29, 1.82) is 0 Å². The van der Waals surface area contributed by atoms with Crippen LogP contribution in [0.2, 0.25) is 5.02 Å². The quantitative estimate of drug-likeness (QED) is 0.639. The number of benzene rings is 2. The number of nitrogens with zero attached hydrogens (tertiary/aromatic N) is 1. The molecular weight excluding hydrogens is 340 g/mol. The summed E-state index contributed by atoms with van der Waals surface area (Å²) in [7, 11) is 0. The minimum Gasteiger partial charge on any atom is -0.384 e. The van der Waals surface area contributed by atoms with E-state index in [2.05, 4.69) is 24.1 Å². The fourth-order valence-electron chi connectivity index (χ4n) is 2.84. The molecule has 1 N–H and O–H groups in total. The van der Waals surface area contributed by atoms with Crippen molar-refractivity contribution in [3.05, 3.63) is 51.6 Å². The molecule has 1 aromatic heterocycles. The third-order valence-electron chi connectivity index (χ3n) is 4.28. The molecule has 0 bridgehead atoms. The SMILES string of the molecule is CCN(CC)CCNc1ccc2sc3ccc(Cl)cc3c(=O)c2c1. The summed E-state index contributed by atoms with van der Waals surface area (Å²) in [6.07, 6.45) is 0. The Kier molecular flexibility index (Phi) is 5.39. The van der Waals surface area contributed by atoms with E-state index in [0.717, 1.165) is 46.7 Å². The van der Waals surface area contributed by atoms with Crippen LogP contribution in [0.25, 0.3) is 20.2 Å². The van der Waals surface area contributed by atoms with Crippen molar-refractivity contribution < 1.29 is 0 Å². The maximum absolute atomic E-state index is 12.8. The first-order chi connectivity index (χ1) is 11.6. The van der Waals surface area contributed by atoms with Crippen LogP contribution in [0.5, 0.6) is 0 Å². The van der Waals surface area contributed by atoms with Gasteiger partial charge in [-0.2, -0.15) is 0 Å². The first-order valence-corrected chi connectivity index (χ1v) is 9.44. The number of anilines is 1. The van der Waals surface area contributed by atoms with Gasteiger partial charge >= 0.3 is 0 Å². The Balaban J connectivity index is 1.91. The third kappa shape index (κ3) is 3.56. The second kappa shape index (κ2) is 7.51. The van der Waals surface area contributed by atoms with Gasteiger partial charge in [-0.25, -0.2) is 0 Å². The first kappa shape index (κ1) is 17.2. The Morgan fingerprint density at radius 2 is 1.71 bits per heavy atom. The van der Waals surface area contributed by atoms with Crippen LogP contribution in [-0.2, 0) is 0 Å².